The minimum absolute atomic E-state index is 0.113. The van der Waals surface area contributed by atoms with Gasteiger partial charge in [-0.25, -0.2) is 4.98 Å². The number of benzene rings is 2. The molecule has 0 aliphatic rings. The second-order valence-electron chi connectivity index (χ2n) is 6.16. The molecule has 2 aromatic heterocycles. The Morgan fingerprint density at radius 2 is 1.93 bits per heavy atom. The van der Waals surface area contributed by atoms with Crippen LogP contribution < -0.4 is 5.32 Å². The van der Waals surface area contributed by atoms with Crippen molar-refractivity contribution in [3.8, 4) is 0 Å². The number of thioether (sulfide) groups is 1. The molecular weight excluding hydrogens is 396 g/mol. The number of carbonyl (C=O) groups excluding carboxylic acids is 1. The molecule has 0 saturated carbocycles. The summed E-state index contributed by atoms with van der Waals surface area (Å²) < 4.78 is 3.93. The fourth-order valence-electron chi connectivity index (χ4n) is 2.76. The highest BCUT2D eigenvalue weighted by molar-refractivity contribution is 7.99. The molecule has 2 aromatic carbocycles. The number of rotatable bonds is 6. The highest BCUT2D eigenvalue weighted by atomic mass is 35.5. The number of fused-ring (bicyclic) bond motifs is 1. The summed E-state index contributed by atoms with van der Waals surface area (Å²) in [5.74, 6) is 0.920. The molecule has 0 fully saturated rings. The predicted molar refractivity (Wildman–Crippen MR) is 111 cm³/mol. The molecule has 0 radical (unpaired) electrons. The summed E-state index contributed by atoms with van der Waals surface area (Å²) in [6, 6.07) is 14.9. The molecule has 1 amide bonds. The van der Waals surface area contributed by atoms with Gasteiger partial charge in [0.2, 0.25) is 5.91 Å². The van der Waals surface area contributed by atoms with Crippen LogP contribution in [0.3, 0.4) is 0 Å². The van der Waals surface area contributed by atoms with Crippen LogP contribution in [0.4, 0.5) is 5.69 Å². The lowest BCUT2D eigenvalue weighted by molar-refractivity contribution is -0.113. The van der Waals surface area contributed by atoms with Crippen LogP contribution in [0, 0.1) is 0 Å². The van der Waals surface area contributed by atoms with Gasteiger partial charge >= 0.3 is 0 Å². The molecule has 4 rings (SSSR count). The van der Waals surface area contributed by atoms with E-state index >= 15 is 0 Å². The number of nitrogens with zero attached hydrogens (tertiary/aromatic N) is 5. The molecule has 0 spiro atoms. The van der Waals surface area contributed by atoms with Crippen LogP contribution in [0.1, 0.15) is 5.82 Å². The van der Waals surface area contributed by atoms with Crippen LogP contribution in [-0.4, -0.2) is 36.0 Å². The lowest BCUT2D eigenvalue weighted by atomic mass is 10.3. The zero-order valence-electron chi connectivity index (χ0n) is 15.0. The van der Waals surface area contributed by atoms with Crippen molar-refractivity contribution in [2.24, 2.45) is 7.05 Å². The summed E-state index contributed by atoms with van der Waals surface area (Å²) in [7, 11) is 1.90. The molecule has 1 N–H and O–H groups in total. The van der Waals surface area contributed by atoms with Gasteiger partial charge in [-0.15, -0.1) is 10.2 Å². The van der Waals surface area contributed by atoms with Gasteiger partial charge in [0.1, 0.15) is 0 Å². The Morgan fingerprint density at radius 3 is 2.75 bits per heavy atom. The first kappa shape index (κ1) is 18.5. The fourth-order valence-corrected chi connectivity index (χ4v) is 3.61. The smallest absolute Gasteiger partial charge is 0.234 e. The molecule has 0 unspecified atom stereocenters. The summed E-state index contributed by atoms with van der Waals surface area (Å²) in [4.78, 5) is 16.6. The summed E-state index contributed by atoms with van der Waals surface area (Å²) in [6.07, 6.45) is 1.80. The monoisotopic (exact) mass is 412 g/mol. The predicted octanol–water partition coefficient (Wildman–Crippen LogP) is 3.60. The van der Waals surface area contributed by atoms with E-state index in [4.69, 9.17) is 11.6 Å². The van der Waals surface area contributed by atoms with Crippen molar-refractivity contribution in [1.82, 2.24) is 24.3 Å². The van der Waals surface area contributed by atoms with Crippen molar-refractivity contribution in [3.63, 3.8) is 0 Å². The molecule has 0 aliphatic heterocycles. The maximum absolute atomic E-state index is 12.2. The number of anilines is 1. The standard InChI is InChI=1S/C19H17ClN6OS/c1-25-17(10-26-12-21-15-4-2-3-5-16(15)26)23-24-19(25)28-11-18(27)22-14-8-6-13(20)7-9-14/h2-9,12H,10-11H2,1H3,(H,22,27). The number of hydrogen-bond donors (Lipinski definition) is 1. The van der Waals surface area contributed by atoms with Crippen LogP contribution in [0.5, 0.6) is 0 Å². The van der Waals surface area contributed by atoms with Crippen LogP contribution in [0.15, 0.2) is 60.0 Å². The third-order valence-electron chi connectivity index (χ3n) is 4.22. The molecule has 28 heavy (non-hydrogen) atoms. The van der Waals surface area contributed by atoms with E-state index in [1.54, 1.807) is 30.6 Å². The molecule has 142 valence electrons. The Kier molecular flexibility index (Phi) is 5.31. The molecule has 7 nitrogen and oxygen atoms in total. The molecule has 0 aliphatic carbocycles. The van der Waals surface area contributed by atoms with E-state index in [0.29, 0.717) is 22.4 Å². The molecule has 0 saturated heterocycles. The molecule has 9 heteroatoms. The normalized spacial score (nSPS) is 11.1. The molecule has 0 atom stereocenters. The van der Waals surface area contributed by atoms with Gasteiger partial charge in [0, 0.05) is 17.8 Å². The molecule has 4 aromatic rings. The zero-order valence-corrected chi connectivity index (χ0v) is 16.6. The number of halogens is 1. The summed E-state index contributed by atoms with van der Waals surface area (Å²) in [6.45, 7) is 0.557. The second kappa shape index (κ2) is 8.04. The third kappa shape index (κ3) is 4.02. The van der Waals surface area contributed by atoms with Gasteiger partial charge in [0.15, 0.2) is 11.0 Å². The Morgan fingerprint density at radius 1 is 1.14 bits per heavy atom. The van der Waals surface area contributed by atoms with Gasteiger partial charge in [-0.1, -0.05) is 35.5 Å². The van der Waals surface area contributed by atoms with Crippen molar-refractivity contribution >= 4 is 46.0 Å². The van der Waals surface area contributed by atoms with E-state index in [1.165, 1.54) is 11.8 Å². The Bertz CT molecular complexity index is 1120. The lowest BCUT2D eigenvalue weighted by Gasteiger charge is -2.06. The van der Waals surface area contributed by atoms with Crippen molar-refractivity contribution < 1.29 is 4.79 Å². The largest absolute Gasteiger partial charge is 0.325 e. The molecular formula is C19H17ClN6OS. The topological polar surface area (TPSA) is 77.6 Å². The minimum atomic E-state index is -0.113. The zero-order chi connectivity index (χ0) is 19.5. The van der Waals surface area contributed by atoms with Crippen LogP contribution in [-0.2, 0) is 18.4 Å². The maximum atomic E-state index is 12.2. The number of aromatic nitrogens is 5. The highest BCUT2D eigenvalue weighted by Crippen LogP contribution is 2.19. The second-order valence-corrected chi connectivity index (χ2v) is 7.54. The fraction of sp³-hybridized carbons (Fsp3) is 0.158. The van der Waals surface area contributed by atoms with Crippen molar-refractivity contribution in [3.05, 3.63) is 65.7 Å². The quantitative estimate of drug-likeness (QED) is 0.489. The van der Waals surface area contributed by atoms with E-state index in [9.17, 15) is 4.79 Å². The van der Waals surface area contributed by atoms with Gasteiger partial charge < -0.3 is 14.5 Å². The number of nitrogens with one attached hydrogen (secondary N) is 1. The molecule has 0 bridgehead atoms. The van der Waals surface area contributed by atoms with Gasteiger partial charge in [-0.2, -0.15) is 0 Å². The molecule has 2 heterocycles. The van der Waals surface area contributed by atoms with Crippen LogP contribution in [0.25, 0.3) is 11.0 Å². The number of carbonyl (C=O) groups is 1. The average Bonchev–Trinajstić information content (AvgIpc) is 3.27. The first-order valence-electron chi connectivity index (χ1n) is 8.56. The first-order valence-corrected chi connectivity index (χ1v) is 9.93. The number of para-hydroxylation sites is 2. The van der Waals surface area contributed by atoms with E-state index in [-0.39, 0.29) is 11.7 Å². The summed E-state index contributed by atoms with van der Waals surface area (Å²) >= 11 is 7.19. The van der Waals surface area contributed by atoms with Gasteiger partial charge in [0.05, 0.1) is 29.7 Å². The summed E-state index contributed by atoms with van der Waals surface area (Å²) in [5, 5.41) is 12.6. The number of amides is 1. The van der Waals surface area contributed by atoms with Crippen LogP contribution >= 0.6 is 23.4 Å². The Hall–Kier alpha value is -2.84. The van der Waals surface area contributed by atoms with Crippen molar-refractivity contribution in [1.29, 1.82) is 0 Å². The minimum Gasteiger partial charge on any atom is -0.325 e. The van der Waals surface area contributed by atoms with E-state index in [0.717, 1.165) is 16.9 Å². The van der Waals surface area contributed by atoms with Crippen molar-refractivity contribution in [2.75, 3.05) is 11.1 Å². The van der Waals surface area contributed by atoms with Crippen LogP contribution in [0.2, 0.25) is 5.02 Å². The lowest BCUT2D eigenvalue weighted by Crippen LogP contribution is -2.14. The Labute approximate surface area is 170 Å². The number of imidazole rings is 1. The van der Waals surface area contributed by atoms with Gasteiger partial charge in [0.25, 0.3) is 0 Å². The number of hydrogen-bond acceptors (Lipinski definition) is 5. The average molecular weight is 413 g/mol. The van der Waals surface area contributed by atoms with Crippen molar-refractivity contribution in [2.45, 2.75) is 11.7 Å². The van der Waals surface area contributed by atoms with Gasteiger partial charge in [-0.3, -0.25) is 4.79 Å². The third-order valence-corrected chi connectivity index (χ3v) is 5.50. The van der Waals surface area contributed by atoms with E-state index in [2.05, 4.69) is 20.5 Å². The van der Waals surface area contributed by atoms with E-state index in [1.807, 2.05) is 40.4 Å². The van der Waals surface area contributed by atoms with E-state index < -0.39 is 0 Å². The Balaban J connectivity index is 1.39. The van der Waals surface area contributed by atoms with Gasteiger partial charge in [-0.05, 0) is 36.4 Å². The highest BCUT2D eigenvalue weighted by Gasteiger charge is 2.13. The summed E-state index contributed by atoms with van der Waals surface area (Å²) in [5.41, 5.74) is 2.70. The maximum Gasteiger partial charge on any atom is 0.234 e. The SMILES string of the molecule is Cn1c(Cn2cnc3ccccc32)nnc1SCC(=O)Nc1ccc(Cl)cc1. The first-order chi connectivity index (χ1) is 13.6.